The Balaban J connectivity index is 1.97. The first-order valence-electron chi connectivity index (χ1n) is 5.98. The van der Waals surface area contributed by atoms with Gasteiger partial charge in [-0.3, -0.25) is 4.79 Å². The van der Waals surface area contributed by atoms with Gasteiger partial charge < -0.3 is 15.7 Å². The topological polar surface area (TPSA) is 61.4 Å². The summed E-state index contributed by atoms with van der Waals surface area (Å²) < 4.78 is 0. The highest BCUT2D eigenvalue weighted by Gasteiger charge is 2.16. The van der Waals surface area contributed by atoms with E-state index in [2.05, 4.69) is 10.6 Å². The predicted molar refractivity (Wildman–Crippen MR) is 66.2 cm³/mol. The number of benzene rings is 1. The molecule has 0 aromatic heterocycles. The van der Waals surface area contributed by atoms with Gasteiger partial charge in [0, 0.05) is 23.7 Å². The fourth-order valence-electron chi connectivity index (χ4n) is 2.11. The Labute approximate surface area is 101 Å². The van der Waals surface area contributed by atoms with Crippen LogP contribution in [0.4, 0.5) is 0 Å². The van der Waals surface area contributed by atoms with E-state index < -0.39 is 0 Å². The van der Waals surface area contributed by atoms with Gasteiger partial charge in [0.15, 0.2) is 0 Å². The Morgan fingerprint density at radius 2 is 2.41 bits per heavy atom. The summed E-state index contributed by atoms with van der Waals surface area (Å²) in [4.78, 5) is 11.9. The van der Waals surface area contributed by atoms with Crippen molar-refractivity contribution in [2.75, 3.05) is 13.1 Å². The molecular weight excluding hydrogens is 216 g/mol. The van der Waals surface area contributed by atoms with Crippen LogP contribution in [0, 0.1) is 6.92 Å². The molecule has 4 heteroatoms. The number of phenolic OH excluding ortho intramolecular Hbond substituents is 1. The van der Waals surface area contributed by atoms with Crippen molar-refractivity contribution in [2.45, 2.75) is 25.8 Å². The predicted octanol–water partition coefficient (Wildman–Crippen LogP) is 1.18. The van der Waals surface area contributed by atoms with E-state index in [9.17, 15) is 9.90 Å². The zero-order valence-corrected chi connectivity index (χ0v) is 9.99. The van der Waals surface area contributed by atoms with Gasteiger partial charge in [0.25, 0.3) is 5.91 Å². The summed E-state index contributed by atoms with van der Waals surface area (Å²) in [6.07, 6.45) is 2.28. The minimum atomic E-state index is -0.118. The van der Waals surface area contributed by atoms with Crippen molar-refractivity contribution in [3.63, 3.8) is 0 Å². The lowest BCUT2D eigenvalue weighted by Crippen LogP contribution is -2.37. The Morgan fingerprint density at radius 3 is 3.12 bits per heavy atom. The van der Waals surface area contributed by atoms with Gasteiger partial charge in [0.05, 0.1) is 0 Å². The first-order valence-corrected chi connectivity index (χ1v) is 5.98. The number of rotatable bonds is 3. The third-order valence-electron chi connectivity index (χ3n) is 3.22. The third kappa shape index (κ3) is 2.77. The van der Waals surface area contributed by atoms with Gasteiger partial charge in [-0.05, 0) is 38.4 Å². The maximum atomic E-state index is 11.9. The van der Waals surface area contributed by atoms with Crippen molar-refractivity contribution in [1.82, 2.24) is 10.6 Å². The molecule has 1 unspecified atom stereocenters. The minimum absolute atomic E-state index is 0.118. The van der Waals surface area contributed by atoms with Crippen LogP contribution in [0.2, 0.25) is 0 Å². The van der Waals surface area contributed by atoms with Crippen LogP contribution in [-0.4, -0.2) is 30.1 Å². The maximum Gasteiger partial charge on any atom is 0.251 e. The first kappa shape index (κ1) is 11.9. The lowest BCUT2D eigenvalue weighted by Gasteiger charge is -2.12. The molecule has 0 aliphatic carbocycles. The largest absolute Gasteiger partial charge is 0.508 e. The van der Waals surface area contributed by atoms with Gasteiger partial charge in [-0.15, -0.1) is 0 Å². The van der Waals surface area contributed by atoms with Crippen LogP contribution >= 0.6 is 0 Å². The second kappa shape index (κ2) is 5.19. The van der Waals surface area contributed by atoms with Gasteiger partial charge in [0.1, 0.15) is 5.75 Å². The average molecular weight is 234 g/mol. The van der Waals surface area contributed by atoms with Crippen molar-refractivity contribution < 1.29 is 9.90 Å². The zero-order valence-electron chi connectivity index (χ0n) is 9.99. The highest BCUT2D eigenvalue weighted by atomic mass is 16.3. The molecule has 1 aliphatic rings. The van der Waals surface area contributed by atoms with Crippen LogP contribution in [0.1, 0.15) is 28.8 Å². The Kier molecular flexibility index (Phi) is 3.64. The maximum absolute atomic E-state index is 11.9. The zero-order chi connectivity index (χ0) is 12.3. The second-order valence-corrected chi connectivity index (χ2v) is 4.45. The van der Waals surface area contributed by atoms with E-state index in [1.165, 1.54) is 6.42 Å². The molecule has 17 heavy (non-hydrogen) atoms. The van der Waals surface area contributed by atoms with Crippen molar-refractivity contribution >= 4 is 5.91 Å². The number of carbonyl (C=O) groups excluding carboxylic acids is 1. The van der Waals surface area contributed by atoms with E-state index in [0.717, 1.165) is 13.0 Å². The van der Waals surface area contributed by atoms with Gasteiger partial charge in [-0.2, -0.15) is 0 Å². The van der Waals surface area contributed by atoms with Gasteiger partial charge >= 0.3 is 0 Å². The molecule has 0 bridgehead atoms. The summed E-state index contributed by atoms with van der Waals surface area (Å²) in [6, 6.07) is 5.39. The molecule has 0 radical (unpaired) electrons. The molecule has 2 rings (SSSR count). The summed E-state index contributed by atoms with van der Waals surface area (Å²) >= 11 is 0. The lowest BCUT2D eigenvalue weighted by molar-refractivity contribution is 0.0949. The van der Waals surface area contributed by atoms with Crippen molar-refractivity contribution in [3.8, 4) is 5.75 Å². The molecule has 1 aromatic carbocycles. The van der Waals surface area contributed by atoms with E-state index in [-0.39, 0.29) is 11.7 Å². The normalized spacial score (nSPS) is 19.2. The monoisotopic (exact) mass is 234 g/mol. The fourth-order valence-corrected chi connectivity index (χ4v) is 2.11. The van der Waals surface area contributed by atoms with Crippen molar-refractivity contribution in [2.24, 2.45) is 0 Å². The van der Waals surface area contributed by atoms with Crippen LogP contribution in [0.5, 0.6) is 5.75 Å². The number of phenols is 1. The summed E-state index contributed by atoms with van der Waals surface area (Å²) in [6.45, 7) is 3.43. The van der Waals surface area contributed by atoms with Gasteiger partial charge in [0.2, 0.25) is 0 Å². The van der Waals surface area contributed by atoms with Crippen LogP contribution in [0.3, 0.4) is 0 Å². The van der Waals surface area contributed by atoms with Crippen LogP contribution < -0.4 is 10.6 Å². The Hall–Kier alpha value is -1.55. The highest BCUT2D eigenvalue weighted by molar-refractivity contribution is 5.96. The summed E-state index contributed by atoms with van der Waals surface area (Å²) in [7, 11) is 0. The molecule has 4 nitrogen and oxygen atoms in total. The summed E-state index contributed by atoms with van der Waals surface area (Å²) in [5.41, 5.74) is 1.17. The molecule has 1 aliphatic heterocycles. The Bertz CT molecular complexity index is 412. The third-order valence-corrected chi connectivity index (χ3v) is 3.22. The molecule has 1 amide bonds. The molecule has 1 saturated heterocycles. The van der Waals surface area contributed by atoms with Gasteiger partial charge in [-0.1, -0.05) is 6.07 Å². The average Bonchev–Trinajstić information content (AvgIpc) is 2.82. The molecule has 1 heterocycles. The summed E-state index contributed by atoms with van der Waals surface area (Å²) in [5, 5.41) is 15.8. The number of aromatic hydroxyl groups is 1. The van der Waals surface area contributed by atoms with Crippen LogP contribution in [0.25, 0.3) is 0 Å². The van der Waals surface area contributed by atoms with E-state index in [1.54, 1.807) is 25.1 Å². The number of hydrogen-bond acceptors (Lipinski definition) is 3. The molecule has 1 atom stereocenters. The molecule has 0 spiro atoms. The quantitative estimate of drug-likeness (QED) is 0.736. The summed E-state index contributed by atoms with van der Waals surface area (Å²) in [5.74, 6) is 0.0451. The van der Waals surface area contributed by atoms with E-state index >= 15 is 0 Å². The Morgan fingerprint density at radius 1 is 1.59 bits per heavy atom. The van der Waals surface area contributed by atoms with Gasteiger partial charge in [-0.25, -0.2) is 0 Å². The molecule has 92 valence electrons. The number of amides is 1. The van der Waals surface area contributed by atoms with E-state index in [1.807, 2.05) is 0 Å². The number of carbonyl (C=O) groups is 1. The number of hydrogen-bond donors (Lipinski definition) is 3. The molecule has 0 saturated carbocycles. The SMILES string of the molecule is Cc1c(O)cccc1C(=O)NCC1CCCN1. The standard InChI is InChI=1S/C13H18N2O2/c1-9-11(5-2-6-12(9)16)13(17)15-8-10-4-3-7-14-10/h2,5-6,10,14,16H,3-4,7-8H2,1H3,(H,15,17). The second-order valence-electron chi connectivity index (χ2n) is 4.45. The molecule has 3 N–H and O–H groups in total. The van der Waals surface area contributed by atoms with Crippen LogP contribution in [0.15, 0.2) is 18.2 Å². The minimum Gasteiger partial charge on any atom is -0.508 e. The van der Waals surface area contributed by atoms with Crippen molar-refractivity contribution in [1.29, 1.82) is 0 Å². The molecule has 1 aromatic rings. The molecule has 1 fully saturated rings. The van der Waals surface area contributed by atoms with E-state index in [0.29, 0.717) is 23.7 Å². The van der Waals surface area contributed by atoms with E-state index in [4.69, 9.17) is 0 Å². The first-order chi connectivity index (χ1) is 8.18. The molecular formula is C13H18N2O2. The lowest BCUT2D eigenvalue weighted by atomic mass is 10.1. The van der Waals surface area contributed by atoms with Crippen LogP contribution in [-0.2, 0) is 0 Å². The fraction of sp³-hybridized carbons (Fsp3) is 0.462. The highest BCUT2D eigenvalue weighted by Crippen LogP contribution is 2.19. The van der Waals surface area contributed by atoms with Crippen molar-refractivity contribution in [3.05, 3.63) is 29.3 Å². The smallest absolute Gasteiger partial charge is 0.251 e. The number of nitrogens with one attached hydrogen (secondary N) is 2.